The summed E-state index contributed by atoms with van der Waals surface area (Å²) in [7, 11) is 1.65. The number of hydrogen-bond donors (Lipinski definition) is 1. The lowest BCUT2D eigenvalue weighted by atomic mass is 10.2. The van der Waals surface area contributed by atoms with E-state index < -0.39 is 11.3 Å². The number of carbonyl (C=O) groups excluding carboxylic acids is 2. The molecule has 0 saturated heterocycles. The van der Waals surface area contributed by atoms with E-state index >= 15 is 0 Å². The lowest BCUT2D eigenvalue weighted by Gasteiger charge is -2.11. The molecular formula is C21H21N3O5S. The van der Waals surface area contributed by atoms with E-state index in [1.165, 1.54) is 28.2 Å². The van der Waals surface area contributed by atoms with E-state index in [1.807, 2.05) is 30.3 Å². The maximum absolute atomic E-state index is 12.6. The van der Waals surface area contributed by atoms with Crippen LogP contribution in [0.2, 0.25) is 0 Å². The van der Waals surface area contributed by atoms with Crippen molar-refractivity contribution in [3.63, 3.8) is 0 Å². The molecule has 2 heterocycles. The highest BCUT2D eigenvalue weighted by molar-refractivity contribution is 7.14. The van der Waals surface area contributed by atoms with Crippen LogP contribution in [-0.2, 0) is 29.6 Å². The highest BCUT2D eigenvalue weighted by Crippen LogP contribution is 2.17. The Morgan fingerprint density at radius 2 is 2.00 bits per heavy atom. The van der Waals surface area contributed by atoms with Crippen molar-refractivity contribution in [1.82, 2.24) is 9.55 Å². The maximum atomic E-state index is 12.6. The molecule has 3 rings (SSSR count). The Morgan fingerprint density at radius 1 is 1.23 bits per heavy atom. The van der Waals surface area contributed by atoms with Crippen molar-refractivity contribution in [3.8, 4) is 5.75 Å². The molecule has 0 atom stereocenters. The van der Waals surface area contributed by atoms with Gasteiger partial charge in [0.1, 0.15) is 12.3 Å². The molecule has 9 heteroatoms. The third kappa shape index (κ3) is 5.54. The van der Waals surface area contributed by atoms with Gasteiger partial charge in [-0.15, -0.1) is 11.3 Å². The Kier molecular flexibility index (Phi) is 6.97. The zero-order chi connectivity index (χ0) is 21.5. The van der Waals surface area contributed by atoms with Gasteiger partial charge in [-0.25, -0.2) is 4.98 Å². The van der Waals surface area contributed by atoms with Gasteiger partial charge in [0.15, 0.2) is 10.9 Å². The fourth-order valence-electron chi connectivity index (χ4n) is 2.64. The minimum Gasteiger partial charge on any atom is -0.483 e. The molecule has 0 aliphatic rings. The number of aryl methyl sites for hydroxylation is 1. The summed E-state index contributed by atoms with van der Waals surface area (Å²) >= 11 is 1.19. The van der Waals surface area contributed by atoms with Crippen LogP contribution in [0.1, 0.15) is 28.7 Å². The Morgan fingerprint density at radius 3 is 2.73 bits per heavy atom. The molecule has 0 aliphatic carbocycles. The molecule has 3 aromatic rings. The standard InChI is InChI=1S/C21H21N3O5S/c1-3-28-19(26)9-15-13-30-21(22-15)23-20(27)16-10-17(25)18(11-24(16)2)29-12-14-7-5-4-6-8-14/h4-8,10-11,13H,3,9,12H2,1-2H3,(H,22,23,27). The quantitative estimate of drug-likeness (QED) is 0.555. The van der Waals surface area contributed by atoms with Gasteiger partial charge in [-0.2, -0.15) is 0 Å². The van der Waals surface area contributed by atoms with Gasteiger partial charge in [0.25, 0.3) is 5.91 Å². The van der Waals surface area contributed by atoms with Crippen molar-refractivity contribution in [2.75, 3.05) is 11.9 Å². The number of benzene rings is 1. The number of hydrogen-bond acceptors (Lipinski definition) is 7. The van der Waals surface area contributed by atoms with Crippen LogP contribution >= 0.6 is 11.3 Å². The average molecular weight is 427 g/mol. The van der Waals surface area contributed by atoms with Crippen molar-refractivity contribution >= 4 is 28.3 Å². The molecule has 156 valence electrons. The first-order chi connectivity index (χ1) is 14.5. The summed E-state index contributed by atoms with van der Waals surface area (Å²) in [6.45, 7) is 2.28. The molecule has 0 saturated carbocycles. The first kappa shape index (κ1) is 21.3. The minimum absolute atomic E-state index is 0.0339. The second kappa shape index (κ2) is 9.84. The second-order valence-corrected chi connectivity index (χ2v) is 7.21. The van der Waals surface area contributed by atoms with Crippen molar-refractivity contribution in [1.29, 1.82) is 0 Å². The zero-order valence-electron chi connectivity index (χ0n) is 16.6. The van der Waals surface area contributed by atoms with Crippen LogP contribution in [-0.4, -0.2) is 28.0 Å². The second-order valence-electron chi connectivity index (χ2n) is 6.35. The summed E-state index contributed by atoms with van der Waals surface area (Å²) in [5, 5.41) is 4.65. The monoisotopic (exact) mass is 427 g/mol. The summed E-state index contributed by atoms with van der Waals surface area (Å²) in [5.74, 6) is -0.709. The van der Waals surface area contributed by atoms with E-state index in [0.29, 0.717) is 17.4 Å². The Hall–Kier alpha value is -3.46. The third-order valence-electron chi connectivity index (χ3n) is 4.07. The fourth-order valence-corrected chi connectivity index (χ4v) is 3.35. The number of rotatable bonds is 8. The van der Waals surface area contributed by atoms with Gasteiger partial charge >= 0.3 is 5.97 Å². The van der Waals surface area contributed by atoms with Crippen LogP contribution in [0.25, 0.3) is 0 Å². The van der Waals surface area contributed by atoms with E-state index in [0.717, 1.165) is 5.56 Å². The summed E-state index contributed by atoms with van der Waals surface area (Å²) in [6.07, 6.45) is 1.51. The molecular weight excluding hydrogens is 406 g/mol. The van der Waals surface area contributed by atoms with Crippen molar-refractivity contribution in [2.24, 2.45) is 7.05 Å². The molecule has 2 aromatic heterocycles. The number of esters is 1. The smallest absolute Gasteiger partial charge is 0.311 e. The van der Waals surface area contributed by atoms with Crippen LogP contribution < -0.4 is 15.5 Å². The lowest BCUT2D eigenvalue weighted by molar-refractivity contribution is -0.142. The first-order valence-electron chi connectivity index (χ1n) is 9.25. The highest BCUT2D eigenvalue weighted by atomic mass is 32.1. The molecule has 0 fully saturated rings. The minimum atomic E-state index is -0.485. The van der Waals surface area contributed by atoms with E-state index in [4.69, 9.17) is 9.47 Å². The number of anilines is 1. The number of amides is 1. The predicted molar refractivity (Wildman–Crippen MR) is 113 cm³/mol. The van der Waals surface area contributed by atoms with Gasteiger partial charge in [0, 0.05) is 18.5 Å². The topological polar surface area (TPSA) is 99.5 Å². The van der Waals surface area contributed by atoms with Gasteiger partial charge in [0.05, 0.1) is 24.9 Å². The largest absolute Gasteiger partial charge is 0.483 e. The molecule has 1 aromatic carbocycles. The van der Waals surface area contributed by atoms with Gasteiger partial charge in [-0.05, 0) is 12.5 Å². The number of thiazole rings is 1. The van der Waals surface area contributed by atoms with Crippen molar-refractivity contribution in [2.45, 2.75) is 20.0 Å². The van der Waals surface area contributed by atoms with Crippen molar-refractivity contribution in [3.05, 3.63) is 75.1 Å². The van der Waals surface area contributed by atoms with Crippen LogP contribution in [0.4, 0.5) is 5.13 Å². The molecule has 0 spiro atoms. The average Bonchev–Trinajstić information content (AvgIpc) is 3.15. The zero-order valence-corrected chi connectivity index (χ0v) is 17.4. The summed E-state index contributed by atoms with van der Waals surface area (Å²) in [6, 6.07) is 10.7. The Balaban J connectivity index is 1.66. The molecule has 8 nitrogen and oxygen atoms in total. The van der Waals surface area contributed by atoms with Crippen LogP contribution in [0.15, 0.2) is 52.8 Å². The molecule has 0 radical (unpaired) electrons. The van der Waals surface area contributed by atoms with E-state index in [1.54, 1.807) is 19.4 Å². The lowest BCUT2D eigenvalue weighted by Crippen LogP contribution is -2.21. The van der Waals surface area contributed by atoms with Gasteiger partial charge in [0.2, 0.25) is 5.43 Å². The number of nitrogens with one attached hydrogen (secondary N) is 1. The summed E-state index contributed by atoms with van der Waals surface area (Å²) in [5.41, 5.74) is 1.21. The SMILES string of the molecule is CCOC(=O)Cc1csc(NC(=O)c2cc(=O)c(OCc3ccccc3)cn2C)n1. The number of aromatic nitrogens is 2. The fraction of sp³-hybridized carbons (Fsp3) is 0.238. The number of pyridine rings is 1. The first-order valence-corrected chi connectivity index (χ1v) is 10.1. The van der Waals surface area contributed by atoms with E-state index in [-0.39, 0.29) is 30.4 Å². The van der Waals surface area contributed by atoms with Crippen molar-refractivity contribution < 1.29 is 19.1 Å². The Labute approximate surface area is 177 Å². The van der Waals surface area contributed by atoms with Crippen LogP contribution in [0, 0.1) is 0 Å². The summed E-state index contributed by atoms with van der Waals surface area (Å²) < 4.78 is 12.0. The molecule has 30 heavy (non-hydrogen) atoms. The van der Waals surface area contributed by atoms with Crippen LogP contribution in [0.3, 0.4) is 0 Å². The van der Waals surface area contributed by atoms with Gasteiger partial charge in [-0.3, -0.25) is 19.7 Å². The molecule has 0 unspecified atom stereocenters. The van der Waals surface area contributed by atoms with E-state index in [9.17, 15) is 14.4 Å². The molecule has 1 N–H and O–H groups in total. The summed E-state index contributed by atoms with van der Waals surface area (Å²) in [4.78, 5) is 40.7. The van der Waals surface area contributed by atoms with Crippen LogP contribution in [0.5, 0.6) is 5.75 Å². The molecule has 0 aliphatic heterocycles. The predicted octanol–water partition coefficient (Wildman–Crippen LogP) is 2.78. The molecule has 1 amide bonds. The number of ether oxygens (including phenoxy) is 2. The highest BCUT2D eigenvalue weighted by Gasteiger charge is 2.15. The Bertz CT molecular complexity index is 1090. The third-order valence-corrected chi connectivity index (χ3v) is 4.88. The maximum Gasteiger partial charge on any atom is 0.311 e. The normalized spacial score (nSPS) is 10.5. The molecule has 0 bridgehead atoms. The number of nitrogens with zero attached hydrogens (tertiary/aromatic N) is 2. The number of carbonyl (C=O) groups is 2. The van der Waals surface area contributed by atoms with Gasteiger partial charge < -0.3 is 14.0 Å². The van der Waals surface area contributed by atoms with E-state index in [2.05, 4.69) is 10.3 Å². The van der Waals surface area contributed by atoms with Gasteiger partial charge in [-0.1, -0.05) is 30.3 Å².